The molecule has 20 heavy (non-hydrogen) atoms. The third-order valence-electron chi connectivity index (χ3n) is 3.15. The molecule has 0 saturated carbocycles. The molecule has 1 aromatic carbocycles. The van der Waals surface area contributed by atoms with Gasteiger partial charge >= 0.3 is 0 Å². The second kappa shape index (κ2) is 5.40. The number of thioether (sulfide) groups is 1. The fourth-order valence-corrected chi connectivity index (χ4v) is 2.38. The number of rotatable bonds is 3. The van der Waals surface area contributed by atoms with Crippen LogP contribution in [0.25, 0.3) is 10.9 Å². The number of hydrogen-bond donors (Lipinski definition) is 0. The molecule has 0 N–H and O–H groups in total. The number of ketones is 1. The summed E-state index contributed by atoms with van der Waals surface area (Å²) < 4.78 is 1.47. The van der Waals surface area contributed by atoms with Crippen LogP contribution in [0.4, 0.5) is 0 Å². The van der Waals surface area contributed by atoms with Crippen LogP contribution in [0, 0.1) is 5.41 Å². The van der Waals surface area contributed by atoms with Crippen molar-refractivity contribution in [1.29, 1.82) is 0 Å². The minimum Gasteiger partial charge on any atom is -0.297 e. The number of aromatic nitrogens is 2. The van der Waals surface area contributed by atoms with Crippen molar-refractivity contribution in [2.45, 2.75) is 32.5 Å². The Hall–Kier alpha value is -1.62. The molecule has 0 aliphatic heterocycles. The van der Waals surface area contributed by atoms with Gasteiger partial charge in [-0.3, -0.25) is 14.2 Å². The normalized spacial score (nSPS) is 11.8. The first-order chi connectivity index (χ1) is 9.34. The Morgan fingerprint density at radius 1 is 1.30 bits per heavy atom. The summed E-state index contributed by atoms with van der Waals surface area (Å²) in [5, 5.41) is 1.12. The van der Waals surface area contributed by atoms with Crippen molar-refractivity contribution in [1.82, 2.24) is 9.55 Å². The van der Waals surface area contributed by atoms with Crippen molar-refractivity contribution >= 4 is 28.4 Å². The fourth-order valence-electron chi connectivity index (χ4n) is 1.82. The van der Waals surface area contributed by atoms with E-state index in [1.807, 2.05) is 39.2 Å². The van der Waals surface area contributed by atoms with E-state index >= 15 is 0 Å². The van der Waals surface area contributed by atoms with E-state index in [1.54, 1.807) is 12.1 Å². The van der Waals surface area contributed by atoms with Gasteiger partial charge < -0.3 is 0 Å². The van der Waals surface area contributed by atoms with Crippen molar-refractivity contribution in [3.8, 4) is 0 Å². The molecule has 0 spiro atoms. The van der Waals surface area contributed by atoms with Gasteiger partial charge in [0.2, 0.25) is 0 Å². The molecule has 0 aliphatic rings. The van der Waals surface area contributed by atoms with E-state index in [-0.39, 0.29) is 17.9 Å². The average molecular weight is 290 g/mol. The van der Waals surface area contributed by atoms with Crippen LogP contribution in [0.1, 0.15) is 20.8 Å². The van der Waals surface area contributed by atoms with Crippen LogP contribution in [-0.2, 0) is 11.3 Å². The van der Waals surface area contributed by atoms with Gasteiger partial charge in [-0.05, 0) is 18.4 Å². The monoisotopic (exact) mass is 290 g/mol. The van der Waals surface area contributed by atoms with Crippen LogP contribution in [0.2, 0.25) is 0 Å². The zero-order valence-corrected chi connectivity index (χ0v) is 13.0. The predicted octanol–water partition coefficient (Wildman–Crippen LogP) is 2.73. The zero-order chi connectivity index (χ0) is 14.9. The van der Waals surface area contributed by atoms with Crippen LogP contribution in [-0.4, -0.2) is 21.6 Å². The highest BCUT2D eigenvalue weighted by atomic mass is 32.2. The summed E-state index contributed by atoms with van der Waals surface area (Å²) in [4.78, 5) is 29.2. The number of Topliss-reactive ketones (excluding diaryl/α,β-unsaturated/α-hetero) is 1. The maximum Gasteiger partial charge on any atom is 0.262 e. The highest BCUT2D eigenvalue weighted by molar-refractivity contribution is 7.98. The molecule has 1 aromatic heterocycles. The fraction of sp³-hybridized carbons (Fsp3) is 0.400. The highest BCUT2D eigenvalue weighted by Gasteiger charge is 2.23. The lowest BCUT2D eigenvalue weighted by Crippen LogP contribution is -2.32. The lowest BCUT2D eigenvalue weighted by molar-refractivity contribution is -0.127. The molecule has 0 fully saturated rings. The van der Waals surface area contributed by atoms with Gasteiger partial charge in [0.05, 0.1) is 17.4 Å². The lowest BCUT2D eigenvalue weighted by Gasteiger charge is -2.18. The summed E-state index contributed by atoms with van der Waals surface area (Å²) in [6.45, 7) is 5.63. The number of nitrogens with zero attached hydrogens (tertiary/aromatic N) is 2. The largest absolute Gasteiger partial charge is 0.297 e. The Morgan fingerprint density at radius 3 is 2.55 bits per heavy atom. The van der Waals surface area contributed by atoms with Gasteiger partial charge in [0, 0.05) is 5.41 Å². The number of fused-ring (bicyclic) bond motifs is 1. The number of hydrogen-bond acceptors (Lipinski definition) is 4. The summed E-state index contributed by atoms with van der Waals surface area (Å²) in [6.07, 6.45) is 1.86. The van der Waals surface area contributed by atoms with Gasteiger partial charge in [-0.25, -0.2) is 4.98 Å². The molecule has 2 rings (SSSR count). The Morgan fingerprint density at radius 2 is 1.95 bits per heavy atom. The van der Waals surface area contributed by atoms with E-state index in [2.05, 4.69) is 4.98 Å². The van der Waals surface area contributed by atoms with Gasteiger partial charge in [0.1, 0.15) is 0 Å². The molecule has 0 amide bonds. The number of carbonyl (C=O) groups is 1. The molecule has 0 unspecified atom stereocenters. The van der Waals surface area contributed by atoms with Crippen LogP contribution < -0.4 is 5.56 Å². The number of benzene rings is 1. The molecule has 106 valence electrons. The summed E-state index contributed by atoms with van der Waals surface area (Å²) in [5.74, 6) is 0.0204. The number of para-hydroxylation sites is 1. The average Bonchev–Trinajstić information content (AvgIpc) is 2.40. The Bertz CT molecular complexity index is 714. The third kappa shape index (κ3) is 2.77. The Kier molecular flexibility index (Phi) is 3.99. The summed E-state index contributed by atoms with van der Waals surface area (Å²) in [6, 6.07) is 7.21. The molecule has 1 heterocycles. The van der Waals surface area contributed by atoms with Gasteiger partial charge in [0.25, 0.3) is 5.56 Å². The van der Waals surface area contributed by atoms with E-state index < -0.39 is 5.41 Å². The van der Waals surface area contributed by atoms with Crippen molar-refractivity contribution in [2.75, 3.05) is 6.26 Å². The molecule has 0 atom stereocenters. The van der Waals surface area contributed by atoms with E-state index in [4.69, 9.17) is 0 Å². The molecular weight excluding hydrogens is 272 g/mol. The molecule has 2 aromatic rings. The van der Waals surface area contributed by atoms with Crippen LogP contribution in [0.15, 0.2) is 34.2 Å². The van der Waals surface area contributed by atoms with E-state index in [0.29, 0.717) is 16.1 Å². The van der Waals surface area contributed by atoms with Crippen molar-refractivity contribution < 1.29 is 4.79 Å². The van der Waals surface area contributed by atoms with Crippen LogP contribution in [0.5, 0.6) is 0 Å². The Labute approximate surface area is 122 Å². The van der Waals surface area contributed by atoms with Crippen LogP contribution in [0.3, 0.4) is 0 Å². The number of carbonyl (C=O) groups excluding carboxylic acids is 1. The zero-order valence-electron chi connectivity index (χ0n) is 12.1. The first kappa shape index (κ1) is 14.8. The molecule has 5 heteroatoms. The minimum absolute atomic E-state index is 0.0204. The topological polar surface area (TPSA) is 52.0 Å². The lowest BCUT2D eigenvalue weighted by atomic mass is 9.91. The quantitative estimate of drug-likeness (QED) is 0.644. The van der Waals surface area contributed by atoms with E-state index in [0.717, 1.165) is 0 Å². The van der Waals surface area contributed by atoms with Crippen molar-refractivity contribution in [3.63, 3.8) is 0 Å². The molecule has 0 saturated heterocycles. The predicted molar refractivity (Wildman–Crippen MR) is 82.2 cm³/mol. The highest BCUT2D eigenvalue weighted by Crippen LogP contribution is 2.19. The maximum absolute atomic E-state index is 12.5. The minimum atomic E-state index is -0.471. The molecule has 0 bridgehead atoms. The molecule has 0 aliphatic carbocycles. The van der Waals surface area contributed by atoms with E-state index in [9.17, 15) is 9.59 Å². The smallest absolute Gasteiger partial charge is 0.262 e. The van der Waals surface area contributed by atoms with Gasteiger partial charge in [0.15, 0.2) is 10.9 Å². The van der Waals surface area contributed by atoms with Crippen molar-refractivity contribution in [3.05, 3.63) is 34.6 Å². The Balaban J connectivity index is 2.60. The van der Waals surface area contributed by atoms with Gasteiger partial charge in [-0.15, -0.1) is 0 Å². The molecule has 0 radical (unpaired) electrons. The summed E-state index contributed by atoms with van der Waals surface area (Å²) >= 11 is 1.38. The summed E-state index contributed by atoms with van der Waals surface area (Å²) in [5.41, 5.74) is 0.0414. The van der Waals surface area contributed by atoms with Gasteiger partial charge in [-0.1, -0.05) is 44.7 Å². The standard InChI is InChI=1S/C15H18N2O2S/c1-15(2,3)12(18)9-17-13(19)10-7-5-6-8-11(10)16-14(17)20-4/h5-8H,9H2,1-4H3. The third-order valence-corrected chi connectivity index (χ3v) is 3.82. The van der Waals surface area contributed by atoms with Crippen LogP contribution >= 0.6 is 11.8 Å². The SMILES string of the molecule is CSc1nc2ccccc2c(=O)n1CC(=O)C(C)(C)C. The second-order valence-electron chi connectivity index (χ2n) is 5.68. The molecule has 4 nitrogen and oxygen atoms in total. The first-order valence-electron chi connectivity index (χ1n) is 6.41. The second-order valence-corrected chi connectivity index (χ2v) is 6.45. The first-order valence-corrected chi connectivity index (χ1v) is 7.64. The molecular formula is C15H18N2O2S. The van der Waals surface area contributed by atoms with E-state index in [1.165, 1.54) is 16.3 Å². The van der Waals surface area contributed by atoms with Crippen molar-refractivity contribution in [2.24, 2.45) is 5.41 Å². The van der Waals surface area contributed by atoms with Gasteiger partial charge in [-0.2, -0.15) is 0 Å². The maximum atomic E-state index is 12.5. The summed E-state index contributed by atoms with van der Waals surface area (Å²) in [7, 11) is 0.